The first-order valence-electron chi connectivity index (χ1n) is 20.3. The number of nitrogens with zero attached hydrogens (tertiary/aromatic N) is 5. The number of sulfonamides is 1. The molecule has 0 spiro atoms. The van der Waals surface area contributed by atoms with Gasteiger partial charge in [-0.3, -0.25) is 48.3 Å². The molecule has 1 saturated carbocycles. The maximum absolute atomic E-state index is 12.8. The van der Waals surface area contributed by atoms with Crippen molar-refractivity contribution in [2.75, 3.05) is 77.3 Å². The Kier molecular flexibility index (Phi) is 21.7. The number of aromatic nitrogens is 2. The number of aliphatic carboxylic acids is 3. The van der Waals surface area contributed by atoms with Crippen LogP contribution in [0.2, 0.25) is 0 Å². The predicted molar refractivity (Wildman–Crippen MR) is 217 cm³/mol. The lowest BCUT2D eigenvalue weighted by atomic mass is 9.95. The molecule has 4 amide bonds. The molecule has 3 rings (SSSR count). The van der Waals surface area contributed by atoms with Crippen molar-refractivity contribution >= 4 is 68.0 Å². The lowest BCUT2D eigenvalue weighted by molar-refractivity contribution is -0.141. The third-order valence-corrected chi connectivity index (χ3v) is 12.5. The first-order chi connectivity index (χ1) is 28.5. The van der Waals surface area contributed by atoms with Crippen LogP contribution in [0, 0.1) is 11.8 Å². The van der Waals surface area contributed by atoms with Gasteiger partial charge in [0.1, 0.15) is 6.04 Å². The number of hydrogen-bond acceptors (Lipinski definition) is 15. The molecular formula is C36H60N10O12S2. The highest BCUT2D eigenvalue weighted by molar-refractivity contribution is 7.91. The summed E-state index contributed by atoms with van der Waals surface area (Å²) in [4.78, 5) is 89.6. The van der Waals surface area contributed by atoms with Crippen LogP contribution in [0.25, 0.3) is 0 Å². The van der Waals surface area contributed by atoms with Gasteiger partial charge in [0.25, 0.3) is 10.0 Å². The summed E-state index contributed by atoms with van der Waals surface area (Å²) >= 11 is 0.693. The molecule has 1 aliphatic carbocycles. The average Bonchev–Trinajstić information content (AvgIpc) is 3.84. The molecule has 1 aromatic heterocycles. The molecule has 0 radical (unpaired) electrons. The normalized spacial score (nSPS) is 18.7. The van der Waals surface area contributed by atoms with Crippen LogP contribution in [0.4, 0.5) is 5.13 Å². The van der Waals surface area contributed by atoms with E-state index in [2.05, 4.69) is 31.5 Å². The van der Waals surface area contributed by atoms with Gasteiger partial charge >= 0.3 is 17.9 Å². The van der Waals surface area contributed by atoms with Crippen LogP contribution in [-0.2, 0) is 43.6 Å². The highest BCUT2D eigenvalue weighted by Crippen LogP contribution is 2.37. The van der Waals surface area contributed by atoms with Gasteiger partial charge in [0.05, 0.1) is 26.1 Å². The first kappa shape index (κ1) is 50.0. The maximum Gasteiger partial charge on any atom is 0.317 e. The fourth-order valence-corrected chi connectivity index (χ4v) is 8.64. The minimum Gasteiger partial charge on any atom is -0.481 e. The zero-order valence-electron chi connectivity index (χ0n) is 33.8. The Bertz CT molecular complexity index is 1690. The van der Waals surface area contributed by atoms with Gasteiger partial charge in [-0.1, -0.05) is 37.0 Å². The maximum atomic E-state index is 12.8. The number of unbranched alkanes of at least 4 members (excludes halogenated alkanes) is 2. The Morgan fingerprint density at radius 3 is 1.75 bits per heavy atom. The van der Waals surface area contributed by atoms with Crippen molar-refractivity contribution in [3.63, 3.8) is 0 Å². The van der Waals surface area contributed by atoms with Crippen molar-refractivity contribution in [3.05, 3.63) is 0 Å². The summed E-state index contributed by atoms with van der Waals surface area (Å²) in [6.45, 7) is 2.66. The standard InChI is InChI=1S/C36H60N10O12S2/c37-60(57,58)36-43-42-35(59-36)41-29(48)9-5-7-26-11-10-25(20-26)6-1-2-8-28(47)40-27(21-31(50)51)34(56)39-13-4-3-12-38-30(49)22-44-14-16-45(23-32(52)53)18-19-46(17-15-44)24-33(54)55/h25-27H,1-24H2,(H,38,49)(H,39,56)(H,40,47)(H,50,51)(H,52,53)(H,54,55)(H2,37,57,58)(H,41,42,48)/t25?,26?,27-/m0/s1. The van der Waals surface area contributed by atoms with E-state index in [1.165, 1.54) is 0 Å². The number of nitrogens with one attached hydrogen (secondary N) is 4. The predicted octanol–water partition coefficient (Wildman–Crippen LogP) is -0.668. The molecule has 1 aromatic rings. The number of carbonyl (C=O) groups is 7. The van der Waals surface area contributed by atoms with Crippen molar-refractivity contribution in [2.24, 2.45) is 17.0 Å². The Hall–Kier alpha value is -4.36. The topological polar surface area (TPSA) is 324 Å². The van der Waals surface area contributed by atoms with E-state index in [9.17, 15) is 57.3 Å². The molecule has 2 fully saturated rings. The molecule has 2 heterocycles. The number of nitrogens with two attached hydrogens (primary N) is 1. The first-order valence-corrected chi connectivity index (χ1v) is 22.7. The summed E-state index contributed by atoms with van der Waals surface area (Å²) < 4.78 is 22.3. The van der Waals surface area contributed by atoms with Crippen molar-refractivity contribution in [3.8, 4) is 0 Å². The number of carboxylic acids is 3. The molecule has 24 heteroatoms. The molecule has 22 nitrogen and oxygen atoms in total. The Labute approximate surface area is 353 Å². The summed E-state index contributed by atoms with van der Waals surface area (Å²) in [7, 11) is -3.98. The molecule has 2 aliphatic rings. The Morgan fingerprint density at radius 2 is 1.22 bits per heavy atom. The van der Waals surface area contributed by atoms with Crippen LogP contribution < -0.4 is 26.4 Å². The lowest BCUT2D eigenvalue weighted by Gasteiger charge is -2.24. The minimum atomic E-state index is -3.98. The number of amides is 4. The van der Waals surface area contributed by atoms with Crippen LogP contribution in [0.1, 0.15) is 83.5 Å². The molecule has 3 atom stereocenters. The molecule has 60 heavy (non-hydrogen) atoms. The fourth-order valence-electron chi connectivity index (χ4n) is 7.29. The second kappa shape index (κ2) is 26.1. The molecule has 2 unspecified atom stereocenters. The lowest BCUT2D eigenvalue weighted by Crippen LogP contribution is -2.48. The summed E-state index contributed by atoms with van der Waals surface area (Å²) in [5.41, 5.74) is 0. The Morgan fingerprint density at radius 1 is 0.683 bits per heavy atom. The van der Waals surface area contributed by atoms with E-state index >= 15 is 0 Å². The third-order valence-electron chi connectivity index (χ3n) is 10.4. The van der Waals surface area contributed by atoms with Gasteiger partial charge in [-0.25, -0.2) is 13.6 Å². The van der Waals surface area contributed by atoms with Gasteiger partial charge in [-0.05, 0) is 50.4 Å². The van der Waals surface area contributed by atoms with E-state index in [0.717, 1.165) is 38.5 Å². The number of rotatable bonds is 26. The van der Waals surface area contributed by atoms with Crippen LogP contribution in [-0.4, -0.2) is 168 Å². The summed E-state index contributed by atoms with van der Waals surface area (Å²) in [6.07, 6.45) is 7.86. The van der Waals surface area contributed by atoms with Crippen molar-refractivity contribution in [1.29, 1.82) is 0 Å². The van der Waals surface area contributed by atoms with E-state index in [1.54, 1.807) is 9.80 Å². The number of carboxylic acid groups (broad SMARTS) is 3. The zero-order valence-corrected chi connectivity index (χ0v) is 35.5. The second-order valence-corrected chi connectivity index (χ2v) is 18.0. The third kappa shape index (κ3) is 20.7. The molecule has 1 aliphatic heterocycles. The van der Waals surface area contributed by atoms with E-state index < -0.39 is 52.2 Å². The highest BCUT2D eigenvalue weighted by atomic mass is 32.2. The minimum absolute atomic E-state index is 0.0474. The smallest absolute Gasteiger partial charge is 0.317 e. The van der Waals surface area contributed by atoms with Gasteiger partial charge in [0, 0.05) is 65.2 Å². The largest absolute Gasteiger partial charge is 0.481 e. The van der Waals surface area contributed by atoms with Gasteiger partial charge in [0.2, 0.25) is 33.1 Å². The number of hydrogen-bond donors (Lipinski definition) is 8. The van der Waals surface area contributed by atoms with Gasteiger partial charge in [-0.15, -0.1) is 10.2 Å². The number of primary sulfonamides is 1. The number of anilines is 1. The zero-order chi connectivity index (χ0) is 44.1. The molecular weight excluding hydrogens is 829 g/mol. The SMILES string of the molecule is NS(=O)(=O)c1nnc(NC(=O)CCCC2CCC(CCCCC(=O)N[C@@H](CC(=O)O)C(=O)NCCCCNC(=O)CN3CCN(CC(=O)O)CCN(CC(=O)O)CC3)C2)s1. The van der Waals surface area contributed by atoms with Gasteiger partial charge < -0.3 is 36.6 Å². The van der Waals surface area contributed by atoms with E-state index in [0.29, 0.717) is 94.7 Å². The van der Waals surface area contributed by atoms with Crippen LogP contribution in [0.15, 0.2) is 4.34 Å². The monoisotopic (exact) mass is 888 g/mol. The van der Waals surface area contributed by atoms with E-state index in [4.69, 9.17) is 5.14 Å². The molecule has 0 aromatic carbocycles. The van der Waals surface area contributed by atoms with E-state index in [-0.39, 0.29) is 60.3 Å². The van der Waals surface area contributed by atoms with Gasteiger partial charge in [0.15, 0.2) is 0 Å². The van der Waals surface area contributed by atoms with Crippen LogP contribution >= 0.6 is 11.3 Å². The Balaban J connectivity index is 1.26. The summed E-state index contributed by atoms with van der Waals surface area (Å²) in [6, 6.07) is -1.23. The van der Waals surface area contributed by atoms with Crippen molar-refractivity contribution in [2.45, 2.75) is 93.9 Å². The molecule has 9 N–H and O–H groups in total. The van der Waals surface area contributed by atoms with Gasteiger partial charge in [-0.2, -0.15) is 0 Å². The summed E-state index contributed by atoms with van der Waals surface area (Å²) in [5, 5.41) is 50.6. The van der Waals surface area contributed by atoms with E-state index in [1.807, 2.05) is 4.90 Å². The number of carbonyl (C=O) groups excluding carboxylic acids is 4. The van der Waals surface area contributed by atoms with Crippen molar-refractivity contribution < 1.29 is 57.3 Å². The fraction of sp³-hybridized carbons (Fsp3) is 0.750. The van der Waals surface area contributed by atoms with Crippen LogP contribution in [0.3, 0.4) is 0 Å². The van der Waals surface area contributed by atoms with Crippen LogP contribution in [0.5, 0.6) is 0 Å². The summed E-state index contributed by atoms with van der Waals surface area (Å²) in [5.74, 6) is -3.76. The van der Waals surface area contributed by atoms with Crippen molar-refractivity contribution in [1.82, 2.24) is 40.8 Å². The second-order valence-electron chi connectivity index (χ2n) is 15.3. The molecule has 0 bridgehead atoms. The highest BCUT2D eigenvalue weighted by Gasteiger charge is 2.26. The molecule has 338 valence electrons. The average molecular weight is 889 g/mol. The molecule has 1 saturated heterocycles. The quantitative estimate of drug-likeness (QED) is 0.0423.